The first-order chi connectivity index (χ1) is 7.81. The van der Waals surface area contributed by atoms with Gasteiger partial charge in [-0.3, -0.25) is 0 Å². The van der Waals surface area contributed by atoms with E-state index in [9.17, 15) is 5.11 Å². The van der Waals surface area contributed by atoms with Crippen LogP contribution in [0.5, 0.6) is 0 Å². The third-order valence-electron chi connectivity index (χ3n) is 4.28. The van der Waals surface area contributed by atoms with Crippen molar-refractivity contribution in [1.29, 1.82) is 0 Å². The molecule has 0 fully saturated rings. The first-order valence-electron chi connectivity index (χ1n) is 6.78. The van der Waals surface area contributed by atoms with Crippen molar-refractivity contribution in [3.8, 4) is 0 Å². The number of rotatable bonds is 7. The predicted molar refractivity (Wildman–Crippen MR) is 79.2 cm³/mol. The molecule has 0 spiro atoms. The third kappa shape index (κ3) is 3.32. The van der Waals surface area contributed by atoms with E-state index in [1.807, 2.05) is 21.0 Å². The third-order valence-corrected chi connectivity index (χ3v) is 10.7. The fraction of sp³-hybridized carbons (Fsp3) is 0.923. The van der Waals surface area contributed by atoms with Gasteiger partial charge in [-0.25, -0.2) is 0 Å². The summed E-state index contributed by atoms with van der Waals surface area (Å²) in [5.41, 5.74) is 0.944. The Labute approximate surface area is 108 Å². The highest BCUT2D eigenvalue weighted by Crippen LogP contribution is 2.34. The second-order valence-corrected chi connectivity index (χ2v) is 10.8. The Hall–Kier alpha value is -0.353. The van der Waals surface area contributed by atoms with Crippen molar-refractivity contribution in [2.45, 2.75) is 64.4 Å². The molecular formula is C13H30N2OSi. The van der Waals surface area contributed by atoms with E-state index in [0.717, 1.165) is 30.3 Å². The fourth-order valence-corrected chi connectivity index (χ4v) is 7.25. The molecule has 0 bridgehead atoms. The summed E-state index contributed by atoms with van der Waals surface area (Å²) in [5.74, 6) is 0. The molecule has 17 heavy (non-hydrogen) atoms. The van der Waals surface area contributed by atoms with Crippen LogP contribution in [0.25, 0.3) is 0 Å². The van der Waals surface area contributed by atoms with Crippen LogP contribution in [0.4, 0.5) is 0 Å². The fourth-order valence-electron chi connectivity index (χ4n) is 2.84. The maximum absolute atomic E-state index is 11.0. The van der Waals surface area contributed by atoms with Crippen LogP contribution in [0.1, 0.15) is 41.0 Å². The quantitative estimate of drug-likeness (QED) is 0.433. The Bertz CT molecular complexity index is 250. The van der Waals surface area contributed by atoms with E-state index in [1.54, 1.807) is 5.01 Å². The van der Waals surface area contributed by atoms with Crippen LogP contribution >= 0.6 is 0 Å². The second kappa shape index (κ2) is 6.54. The molecule has 0 aliphatic rings. The zero-order valence-corrected chi connectivity index (χ0v) is 13.7. The molecule has 0 aromatic carbocycles. The Morgan fingerprint density at radius 2 is 1.53 bits per heavy atom. The van der Waals surface area contributed by atoms with Gasteiger partial charge in [-0.2, -0.15) is 5.10 Å². The minimum atomic E-state index is -1.70. The van der Waals surface area contributed by atoms with E-state index in [-0.39, 0.29) is 0 Å². The molecule has 0 aliphatic heterocycles. The van der Waals surface area contributed by atoms with Gasteiger partial charge in [-0.1, -0.05) is 45.8 Å². The van der Waals surface area contributed by atoms with Gasteiger partial charge in [0.2, 0.25) is 0 Å². The molecule has 0 radical (unpaired) electrons. The highest BCUT2D eigenvalue weighted by Gasteiger charge is 2.48. The molecule has 3 nitrogen and oxygen atoms in total. The van der Waals surface area contributed by atoms with E-state index in [1.165, 1.54) is 0 Å². The number of aliphatic hydroxyl groups is 1. The minimum Gasteiger partial charge on any atom is -0.388 e. The van der Waals surface area contributed by atoms with Gasteiger partial charge in [0.05, 0.1) is 19.0 Å². The molecule has 0 heterocycles. The van der Waals surface area contributed by atoms with E-state index in [0.29, 0.717) is 0 Å². The van der Waals surface area contributed by atoms with Crippen molar-refractivity contribution < 1.29 is 5.11 Å². The lowest BCUT2D eigenvalue weighted by Gasteiger charge is -2.43. The van der Waals surface area contributed by atoms with Crippen LogP contribution in [0.2, 0.25) is 18.1 Å². The van der Waals surface area contributed by atoms with Crippen molar-refractivity contribution in [3.63, 3.8) is 0 Å². The number of hydrazone groups is 1. The number of hydrogen-bond donors (Lipinski definition) is 1. The van der Waals surface area contributed by atoms with Crippen LogP contribution in [-0.2, 0) is 0 Å². The normalized spacial score (nSPS) is 16.8. The van der Waals surface area contributed by atoms with Crippen molar-refractivity contribution in [1.82, 2.24) is 5.01 Å². The zero-order chi connectivity index (χ0) is 13.7. The first kappa shape index (κ1) is 16.6. The van der Waals surface area contributed by atoms with E-state index >= 15 is 0 Å². The molecule has 1 atom stereocenters. The Kier molecular flexibility index (Phi) is 6.41. The standard InChI is InChI=1S/C13H30N2OSi/c1-8-12(14-15(6)7)13(5,16)17(9-2,10-3)11-4/h16H,8-11H2,1-7H3. The number of nitrogens with zero attached hydrogens (tertiary/aromatic N) is 2. The largest absolute Gasteiger partial charge is 0.388 e. The Balaban J connectivity index is 5.46. The lowest BCUT2D eigenvalue weighted by Crippen LogP contribution is -2.60. The summed E-state index contributed by atoms with van der Waals surface area (Å²) in [6.07, 6.45) is 0.819. The van der Waals surface area contributed by atoms with Crippen LogP contribution in [0.15, 0.2) is 5.10 Å². The smallest absolute Gasteiger partial charge is 0.0974 e. The average molecular weight is 258 g/mol. The van der Waals surface area contributed by atoms with Crippen LogP contribution in [0.3, 0.4) is 0 Å². The van der Waals surface area contributed by atoms with Crippen molar-refractivity contribution in [3.05, 3.63) is 0 Å². The summed E-state index contributed by atoms with van der Waals surface area (Å²) in [5, 5.41) is 16.7. The summed E-state index contributed by atoms with van der Waals surface area (Å²) in [6.45, 7) is 10.7. The molecule has 0 amide bonds. The van der Waals surface area contributed by atoms with Crippen LogP contribution in [0, 0.1) is 0 Å². The monoisotopic (exact) mass is 258 g/mol. The summed E-state index contributed by atoms with van der Waals surface area (Å²) >= 11 is 0. The molecule has 0 aromatic heterocycles. The summed E-state index contributed by atoms with van der Waals surface area (Å²) in [4.78, 5) is 0. The maximum atomic E-state index is 11.0. The Morgan fingerprint density at radius 1 is 1.12 bits per heavy atom. The molecule has 102 valence electrons. The van der Waals surface area contributed by atoms with Gasteiger partial charge >= 0.3 is 0 Å². The minimum absolute atomic E-state index is 0.690. The van der Waals surface area contributed by atoms with Crippen molar-refractivity contribution >= 4 is 13.8 Å². The van der Waals surface area contributed by atoms with E-state index < -0.39 is 13.3 Å². The van der Waals surface area contributed by atoms with Gasteiger partial charge in [0, 0.05) is 14.1 Å². The molecule has 0 saturated carbocycles. The van der Waals surface area contributed by atoms with E-state index in [4.69, 9.17) is 0 Å². The van der Waals surface area contributed by atoms with Crippen LogP contribution < -0.4 is 0 Å². The Morgan fingerprint density at radius 3 is 1.76 bits per heavy atom. The zero-order valence-electron chi connectivity index (χ0n) is 12.7. The summed E-state index contributed by atoms with van der Waals surface area (Å²) in [6, 6.07) is 3.33. The molecule has 4 heteroatoms. The van der Waals surface area contributed by atoms with Gasteiger partial charge in [-0.15, -0.1) is 0 Å². The highest BCUT2D eigenvalue weighted by atomic mass is 28.3. The summed E-state index contributed by atoms with van der Waals surface area (Å²) < 4.78 is 0. The highest BCUT2D eigenvalue weighted by molar-refractivity contribution is 6.85. The summed E-state index contributed by atoms with van der Waals surface area (Å²) in [7, 11) is 2.13. The average Bonchev–Trinajstić information content (AvgIpc) is 2.28. The SMILES string of the molecule is CCC(=NN(C)C)C(C)(O)[Si](CC)(CC)CC. The van der Waals surface area contributed by atoms with Crippen LogP contribution in [-0.4, -0.2) is 43.2 Å². The maximum Gasteiger partial charge on any atom is 0.0974 e. The molecule has 0 aromatic rings. The second-order valence-electron chi connectivity index (χ2n) is 5.16. The molecule has 0 saturated heterocycles. The lowest BCUT2D eigenvalue weighted by molar-refractivity contribution is 0.197. The van der Waals surface area contributed by atoms with Gasteiger partial charge in [0.15, 0.2) is 0 Å². The molecule has 1 N–H and O–H groups in total. The molecule has 1 unspecified atom stereocenters. The van der Waals surface area contributed by atoms with Gasteiger partial charge < -0.3 is 10.1 Å². The van der Waals surface area contributed by atoms with Crippen molar-refractivity contribution in [2.75, 3.05) is 14.1 Å². The van der Waals surface area contributed by atoms with E-state index in [2.05, 4.69) is 32.8 Å². The first-order valence-corrected chi connectivity index (χ1v) is 9.41. The topological polar surface area (TPSA) is 35.8 Å². The van der Waals surface area contributed by atoms with Gasteiger partial charge in [0.25, 0.3) is 0 Å². The lowest BCUT2D eigenvalue weighted by atomic mass is 10.2. The molecule has 0 rings (SSSR count). The molecular weight excluding hydrogens is 228 g/mol. The van der Waals surface area contributed by atoms with Gasteiger partial charge in [-0.05, 0) is 13.3 Å². The molecule has 0 aliphatic carbocycles. The van der Waals surface area contributed by atoms with Gasteiger partial charge in [0.1, 0.15) is 0 Å². The predicted octanol–water partition coefficient (Wildman–Crippen LogP) is 3.11. The number of hydrogen-bond acceptors (Lipinski definition) is 3. The van der Waals surface area contributed by atoms with Crippen molar-refractivity contribution in [2.24, 2.45) is 5.10 Å².